The van der Waals surface area contributed by atoms with Crippen LogP contribution in [0.1, 0.15) is 26.1 Å². The predicted octanol–water partition coefficient (Wildman–Crippen LogP) is 3.43. The monoisotopic (exact) mass is 365 g/mol. The first kappa shape index (κ1) is 16.7. The summed E-state index contributed by atoms with van der Waals surface area (Å²) in [5.74, 6) is 0.222. The van der Waals surface area contributed by atoms with Gasteiger partial charge in [0.05, 0.1) is 18.4 Å². The minimum atomic E-state index is -0.826. The molecule has 2 aromatic rings. The topological polar surface area (TPSA) is 78.0 Å². The van der Waals surface area contributed by atoms with Gasteiger partial charge < -0.3 is 10.1 Å². The molecule has 0 bridgehead atoms. The van der Waals surface area contributed by atoms with Crippen molar-refractivity contribution in [3.63, 3.8) is 0 Å². The molecule has 0 saturated carbocycles. The Morgan fingerprint density at radius 2 is 2.23 bits per heavy atom. The lowest BCUT2D eigenvalue weighted by molar-refractivity contribution is -0.140. The molecule has 1 heterocycles. The molecule has 3 N–H and O–H groups in total. The number of nitrogens with one attached hydrogen (secondary N) is 2. The van der Waals surface area contributed by atoms with Crippen LogP contribution in [0.3, 0.4) is 0 Å². The fourth-order valence-electron chi connectivity index (χ4n) is 2.22. The summed E-state index contributed by atoms with van der Waals surface area (Å²) in [5, 5.41) is 12.3. The van der Waals surface area contributed by atoms with Gasteiger partial charge in [-0.05, 0) is 24.5 Å². The standard InChI is InChI=1S/C16H20BrN3O2/c1-10(2)6-13(16(21)22)18-9-15-19-8-14(20-15)11-4-3-5-12(17)7-11/h3-5,7-8,10,13,18H,6,9H2,1-2H3,(H,19,20)(H,21,22)/t13-/m1/s1. The number of imidazole rings is 1. The Labute approximate surface area is 138 Å². The summed E-state index contributed by atoms with van der Waals surface area (Å²) < 4.78 is 1.00. The number of aromatic amines is 1. The van der Waals surface area contributed by atoms with Crippen LogP contribution in [0, 0.1) is 5.92 Å². The van der Waals surface area contributed by atoms with E-state index in [9.17, 15) is 9.90 Å². The fourth-order valence-corrected chi connectivity index (χ4v) is 2.62. The largest absolute Gasteiger partial charge is 0.480 e. The summed E-state index contributed by atoms with van der Waals surface area (Å²) in [5.41, 5.74) is 1.94. The van der Waals surface area contributed by atoms with Crippen molar-refractivity contribution in [1.82, 2.24) is 15.3 Å². The van der Waals surface area contributed by atoms with Crippen LogP contribution >= 0.6 is 15.9 Å². The highest BCUT2D eigenvalue weighted by Crippen LogP contribution is 2.21. The summed E-state index contributed by atoms with van der Waals surface area (Å²) >= 11 is 3.44. The Morgan fingerprint density at radius 3 is 2.86 bits per heavy atom. The number of aromatic nitrogens is 2. The van der Waals surface area contributed by atoms with Crippen LogP contribution in [0.25, 0.3) is 11.3 Å². The number of carbonyl (C=O) groups is 1. The zero-order valence-electron chi connectivity index (χ0n) is 12.6. The van der Waals surface area contributed by atoms with Gasteiger partial charge in [0, 0.05) is 10.0 Å². The molecule has 2 rings (SSSR count). The van der Waals surface area contributed by atoms with Crippen molar-refractivity contribution >= 4 is 21.9 Å². The van der Waals surface area contributed by atoms with Gasteiger partial charge in [-0.3, -0.25) is 10.1 Å². The van der Waals surface area contributed by atoms with E-state index in [2.05, 4.69) is 31.2 Å². The van der Waals surface area contributed by atoms with Gasteiger partial charge >= 0.3 is 5.97 Å². The Morgan fingerprint density at radius 1 is 1.45 bits per heavy atom. The lowest BCUT2D eigenvalue weighted by atomic mass is 10.0. The van der Waals surface area contributed by atoms with Gasteiger partial charge in [0.1, 0.15) is 11.9 Å². The minimum absolute atomic E-state index is 0.322. The molecule has 6 heteroatoms. The van der Waals surface area contributed by atoms with Gasteiger partial charge in [-0.15, -0.1) is 0 Å². The van der Waals surface area contributed by atoms with Crippen molar-refractivity contribution < 1.29 is 9.90 Å². The van der Waals surface area contributed by atoms with Crippen molar-refractivity contribution in [2.75, 3.05) is 0 Å². The number of rotatable bonds is 7. The first-order valence-corrected chi connectivity index (χ1v) is 8.01. The van der Waals surface area contributed by atoms with E-state index in [1.54, 1.807) is 6.20 Å². The van der Waals surface area contributed by atoms with Crippen LogP contribution in [0.2, 0.25) is 0 Å². The van der Waals surface area contributed by atoms with E-state index < -0.39 is 12.0 Å². The highest BCUT2D eigenvalue weighted by atomic mass is 79.9. The van der Waals surface area contributed by atoms with Crippen molar-refractivity contribution in [3.8, 4) is 11.3 Å². The van der Waals surface area contributed by atoms with Gasteiger partial charge in [0.15, 0.2) is 0 Å². The summed E-state index contributed by atoms with van der Waals surface area (Å²) in [6.07, 6.45) is 2.35. The van der Waals surface area contributed by atoms with Crippen LogP contribution in [0.15, 0.2) is 34.9 Å². The van der Waals surface area contributed by atoms with E-state index in [4.69, 9.17) is 0 Å². The third-order valence-electron chi connectivity index (χ3n) is 3.29. The molecule has 1 aromatic heterocycles. The second kappa shape index (κ2) is 7.56. The molecule has 0 aliphatic heterocycles. The maximum atomic E-state index is 11.2. The molecule has 0 fully saturated rings. The van der Waals surface area contributed by atoms with Crippen LogP contribution in [-0.2, 0) is 11.3 Å². The van der Waals surface area contributed by atoms with Crippen LogP contribution in [-0.4, -0.2) is 27.1 Å². The summed E-state index contributed by atoms with van der Waals surface area (Å²) in [6.45, 7) is 4.42. The molecule has 1 aromatic carbocycles. The first-order valence-electron chi connectivity index (χ1n) is 7.21. The lowest BCUT2D eigenvalue weighted by Gasteiger charge is -2.15. The molecule has 0 aliphatic rings. The second-order valence-electron chi connectivity index (χ2n) is 5.66. The second-order valence-corrected chi connectivity index (χ2v) is 6.57. The normalized spacial score (nSPS) is 12.5. The van der Waals surface area contributed by atoms with Gasteiger partial charge in [0.2, 0.25) is 0 Å². The maximum Gasteiger partial charge on any atom is 0.320 e. The number of aliphatic carboxylic acids is 1. The quantitative estimate of drug-likeness (QED) is 0.702. The maximum absolute atomic E-state index is 11.2. The molecule has 22 heavy (non-hydrogen) atoms. The SMILES string of the molecule is CC(C)C[C@@H](NCc1ncc(-c2cccc(Br)c2)[nH]1)C(=O)O. The molecule has 0 saturated heterocycles. The van der Waals surface area contributed by atoms with Crippen molar-refractivity contribution in [1.29, 1.82) is 0 Å². The van der Waals surface area contributed by atoms with Crippen molar-refractivity contribution in [3.05, 3.63) is 40.8 Å². The predicted molar refractivity (Wildman–Crippen MR) is 89.4 cm³/mol. The third-order valence-corrected chi connectivity index (χ3v) is 3.78. The van der Waals surface area contributed by atoms with Crippen molar-refractivity contribution in [2.45, 2.75) is 32.9 Å². The number of H-pyrrole nitrogens is 1. The number of nitrogens with zero attached hydrogens (tertiary/aromatic N) is 1. The molecule has 1 atom stereocenters. The van der Waals surface area contributed by atoms with Crippen molar-refractivity contribution in [2.24, 2.45) is 5.92 Å². The average Bonchev–Trinajstić information content (AvgIpc) is 2.91. The van der Waals surface area contributed by atoms with Gasteiger partial charge in [-0.25, -0.2) is 4.98 Å². The highest BCUT2D eigenvalue weighted by molar-refractivity contribution is 9.10. The lowest BCUT2D eigenvalue weighted by Crippen LogP contribution is -2.37. The molecule has 0 amide bonds. The van der Waals surface area contributed by atoms with E-state index >= 15 is 0 Å². The fraction of sp³-hybridized carbons (Fsp3) is 0.375. The molecule has 0 radical (unpaired) electrons. The first-order chi connectivity index (χ1) is 10.5. The zero-order valence-corrected chi connectivity index (χ0v) is 14.2. The number of halogens is 1. The number of hydrogen-bond acceptors (Lipinski definition) is 3. The Kier molecular flexibility index (Phi) is 5.74. The van der Waals surface area contributed by atoms with Crippen LogP contribution < -0.4 is 5.32 Å². The smallest absolute Gasteiger partial charge is 0.320 e. The molecule has 0 aliphatic carbocycles. The number of carboxylic acids is 1. The molecule has 0 unspecified atom stereocenters. The molecule has 0 spiro atoms. The van der Waals surface area contributed by atoms with E-state index in [1.165, 1.54) is 0 Å². The van der Waals surface area contributed by atoms with Crippen LogP contribution in [0.4, 0.5) is 0 Å². The Balaban J connectivity index is 2.01. The summed E-state index contributed by atoms with van der Waals surface area (Å²) in [7, 11) is 0. The minimum Gasteiger partial charge on any atom is -0.480 e. The van der Waals surface area contributed by atoms with Gasteiger partial charge in [-0.1, -0.05) is 41.9 Å². The van der Waals surface area contributed by atoms with E-state index in [-0.39, 0.29) is 0 Å². The Bertz CT molecular complexity index is 640. The van der Waals surface area contributed by atoms with E-state index in [0.29, 0.717) is 18.9 Å². The Hall–Kier alpha value is -1.66. The number of benzene rings is 1. The van der Waals surface area contributed by atoms with Gasteiger partial charge in [0.25, 0.3) is 0 Å². The molecular formula is C16H20BrN3O2. The average molecular weight is 366 g/mol. The summed E-state index contributed by atoms with van der Waals surface area (Å²) in [6, 6.07) is 7.37. The summed E-state index contributed by atoms with van der Waals surface area (Å²) in [4.78, 5) is 18.7. The number of hydrogen-bond donors (Lipinski definition) is 3. The van der Waals surface area contributed by atoms with E-state index in [0.717, 1.165) is 21.6 Å². The highest BCUT2D eigenvalue weighted by Gasteiger charge is 2.18. The molecule has 118 valence electrons. The molecule has 5 nitrogen and oxygen atoms in total. The van der Waals surface area contributed by atoms with E-state index in [1.807, 2.05) is 38.1 Å². The zero-order chi connectivity index (χ0) is 16.1. The van der Waals surface area contributed by atoms with Crippen LogP contribution in [0.5, 0.6) is 0 Å². The number of carboxylic acid groups (broad SMARTS) is 1. The third kappa shape index (κ3) is 4.68. The molecular weight excluding hydrogens is 346 g/mol. The van der Waals surface area contributed by atoms with Gasteiger partial charge in [-0.2, -0.15) is 0 Å².